The Hall–Kier alpha value is -4.97. The van der Waals surface area contributed by atoms with Crippen LogP contribution in [0.5, 0.6) is 0 Å². The number of benzene rings is 3. The molecular weight excluding hydrogens is 671 g/mol. The van der Waals surface area contributed by atoms with Gasteiger partial charge in [-0.25, -0.2) is 9.78 Å². The zero-order valence-electron chi connectivity index (χ0n) is 26.4. The first-order valence-corrected chi connectivity index (χ1v) is 16.2. The van der Waals surface area contributed by atoms with Crippen LogP contribution < -0.4 is 16.0 Å². The summed E-state index contributed by atoms with van der Waals surface area (Å²) in [4.78, 5) is 56.4. The Morgan fingerprint density at radius 3 is 2.00 bits per heavy atom. The highest BCUT2D eigenvalue weighted by molar-refractivity contribution is 6.34. The van der Waals surface area contributed by atoms with Gasteiger partial charge in [-0.3, -0.25) is 14.4 Å². The molecule has 1 heterocycles. The van der Waals surface area contributed by atoms with E-state index in [-0.39, 0.29) is 27.6 Å². The van der Waals surface area contributed by atoms with Crippen molar-refractivity contribution in [2.45, 2.75) is 43.4 Å². The zero-order valence-corrected chi connectivity index (χ0v) is 27.9. The van der Waals surface area contributed by atoms with Crippen molar-refractivity contribution in [1.29, 1.82) is 0 Å². The topological polar surface area (TPSA) is 167 Å². The van der Waals surface area contributed by atoms with Gasteiger partial charge in [0, 0.05) is 29.2 Å². The van der Waals surface area contributed by atoms with Gasteiger partial charge in [-0.1, -0.05) is 89.9 Å². The number of esters is 1. The van der Waals surface area contributed by atoms with Gasteiger partial charge in [0.2, 0.25) is 17.4 Å². The summed E-state index contributed by atoms with van der Waals surface area (Å²) in [6, 6.07) is 23.7. The van der Waals surface area contributed by atoms with E-state index in [1.54, 1.807) is 72.9 Å². The molecule has 4 rings (SSSR count). The maximum atomic E-state index is 13.7. The van der Waals surface area contributed by atoms with E-state index < -0.39 is 54.5 Å². The maximum absolute atomic E-state index is 13.7. The second kappa shape index (κ2) is 18.0. The number of aliphatic carboxylic acids is 1. The number of aromatic nitrogens is 1. The molecule has 49 heavy (non-hydrogen) atoms. The van der Waals surface area contributed by atoms with Crippen LogP contribution >= 0.6 is 23.2 Å². The molecule has 5 N–H and O–H groups in total. The average Bonchev–Trinajstić information content (AvgIpc) is 3.09. The van der Waals surface area contributed by atoms with E-state index in [4.69, 9.17) is 27.9 Å². The number of anilines is 1. The van der Waals surface area contributed by atoms with Crippen molar-refractivity contribution in [3.63, 3.8) is 0 Å². The molecule has 0 saturated carbocycles. The van der Waals surface area contributed by atoms with Crippen molar-refractivity contribution >= 4 is 52.8 Å². The molecule has 0 aliphatic carbocycles. The fourth-order valence-corrected chi connectivity index (χ4v) is 5.59. The van der Waals surface area contributed by atoms with Crippen LogP contribution in [0.4, 0.5) is 5.82 Å². The van der Waals surface area contributed by atoms with Crippen molar-refractivity contribution in [1.82, 2.24) is 15.6 Å². The Labute approximate surface area is 293 Å². The Bertz CT molecular complexity index is 1650. The molecule has 0 aliphatic heterocycles. The molecule has 0 aliphatic rings. The molecule has 256 valence electrons. The number of nitrogens with zero attached hydrogens (tertiary/aromatic N) is 1. The summed E-state index contributed by atoms with van der Waals surface area (Å²) in [5, 5.41) is 30.2. The van der Waals surface area contributed by atoms with Gasteiger partial charge in [0.1, 0.15) is 18.5 Å². The molecule has 0 spiro atoms. The van der Waals surface area contributed by atoms with Crippen LogP contribution in [0.1, 0.15) is 48.4 Å². The molecule has 13 heteroatoms. The van der Waals surface area contributed by atoms with E-state index in [2.05, 4.69) is 20.9 Å². The minimum atomic E-state index is -2.24. The number of hydrogen-bond donors (Lipinski definition) is 5. The van der Waals surface area contributed by atoms with Crippen molar-refractivity contribution in [2.75, 3.05) is 18.5 Å². The third kappa shape index (κ3) is 10.8. The van der Waals surface area contributed by atoms with Gasteiger partial charge in [-0.15, -0.1) is 0 Å². The minimum Gasteiger partial charge on any atom is -0.481 e. The first kappa shape index (κ1) is 36.9. The Morgan fingerprint density at radius 1 is 0.816 bits per heavy atom. The number of rotatable bonds is 17. The summed E-state index contributed by atoms with van der Waals surface area (Å²) >= 11 is 12.3. The Balaban J connectivity index is 1.51. The first-order valence-electron chi connectivity index (χ1n) is 15.5. The number of aliphatic hydroxyl groups is 1. The van der Waals surface area contributed by atoms with E-state index >= 15 is 0 Å². The Morgan fingerprint density at radius 2 is 1.43 bits per heavy atom. The summed E-state index contributed by atoms with van der Waals surface area (Å²) < 4.78 is 5.56. The standard InChI is InChI=1S/C36H36Cl2N4O7/c37-27-19-24(20-28(38)21-27)29(22-33(44)45)42-34(46)30(41-32(43)16-8-10-18-40-31-15-7-9-17-39-31)23-49-35(47)36(48,25-11-3-1-4-12-25)26-13-5-2-6-14-26/h1-7,9,11-15,17,19-21,29-30,48H,8,10,16,18,22-23H2,(H,39,40)(H,41,43)(H,42,46)(H,44,45). The maximum Gasteiger partial charge on any atom is 0.347 e. The van der Waals surface area contributed by atoms with Crippen LogP contribution in [0.15, 0.2) is 103 Å². The lowest BCUT2D eigenvalue weighted by Crippen LogP contribution is -2.51. The van der Waals surface area contributed by atoms with E-state index in [1.807, 2.05) is 12.1 Å². The van der Waals surface area contributed by atoms with Crippen molar-refractivity contribution in [3.8, 4) is 0 Å². The lowest BCUT2D eigenvalue weighted by molar-refractivity contribution is -0.163. The van der Waals surface area contributed by atoms with Crippen LogP contribution in [0.25, 0.3) is 0 Å². The number of hydrogen-bond acceptors (Lipinski definition) is 8. The molecule has 11 nitrogen and oxygen atoms in total. The van der Waals surface area contributed by atoms with Gasteiger partial charge in [-0.05, 0) is 59.9 Å². The zero-order chi connectivity index (χ0) is 35.2. The fourth-order valence-electron chi connectivity index (χ4n) is 5.04. The normalized spacial score (nSPS) is 12.3. The highest BCUT2D eigenvalue weighted by Gasteiger charge is 2.42. The quantitative estimate of drug-likeness (QED) is 0.0726. The van der Waals surface area contributed by atoms with Crippen LogP contribution in [0.2, 0.25) is 10.0 Å². The molecule has 1 aromatic heterocycles. The molecule has 4 aromatic rings. The second-order valence-electron chi connectivity index (χ2n) is 11.1. The number of carbonyl (C=O) groups is 4. The molecule has 0 fully saturated rings. The molecule has 0 saturated heterocycles. The van der Waals surface area contributed by atoms with E-state index in [9.17, 15) is 29.4 Å². The van der Waals surface area contributed by atoms with Crippen molar-refractivity contribution < 1.29 is 34.1 Å². The van der Waals surface area contributed by atoms with E-state index in [0.717, 1.165) is 0 Å². The number of carboxylic acid groups (broad SMARTS) is 1. The third-order valence-corrected chi connectivity index (χ3v) is 7.93. The van der Waals surface area contributed by atoms with Crippen LogP contribution in [-0.2, 0) is 29.5 Å². The summed E-state index contributed by atoms with van der Waals surface area (Å²) in [7, 11) is 0. The number of nitrogens with one attached hydrogen (secondary N) is 3. The predicted molar refractivity (Wildman–Crippen MR) is 185 cm³/mol. The molecule has 0 radical (unpaired) electrons. The molecule has 2 atom stereocenters. The van der Waals surface area contributed by atoms with Crippen molar-refractivity contribution in [2.24, 2.45) is 0 Å². The highest BCUT2D eigenvalue weighted by atomic mass is 35.5. The summed E-state index contributed by atoms with van der Waals surface area (Å²) in [5.74, 6) is -2.93. The number of unbranched alkanes of at least 4 members (excludes halogenated alkanes) is 1. The first-order chi connectivity index (χ1) is 23.6. The van der Waals surface area contributed by atoms with E-state index in [1.165, 1.54) is 18.2 Å². The highest BCUT2D eigenvalue weighted by Crippen LogP contribution is 2.31. The average molecular weight is 708 g/mol. The summed E-state index contributed by atoms with van der Waals surface area (Å²) in [6.07, 6.45) is 2.25. The molecule has 2 unspecified atom stereocenters. The van der Waals surface area contributed by atoms with Gasteiger partial charge in [0.15, 0.2) is 0 Å². The van der Waals surface area contributed by atoms with Gasteiger partial charge >= 0.3 is 11.9 Å². The molecular formula is C36H36Cl2N4O7. The van der Waals surface area contributed by atoms with Crippen LogP contribution in [0.3, 0.4) is 0 Å². The van der Waals surface area contributed by atoms with Crippen LogP contribution in [0, 0.1) is 0 Å². The Kier molecular flexibility index (Phi) is 13.5. The smallest absolute Gasteiger partial charge is 0.347 e. The number of halogens is 2. The van der Waals surface area contributed by atoms with E-state index in [0.29, 0.717) is 30.8 Å². The third-order valence-electron chi connectivity index (χ3n) is 7.50. The predicted octanol–water partition coefficient (Wildman–Crippen LogP) is 5.27. The fraction of sp³-hybridized carbons (Fsp3) is 0.250. The lowest BCUT2D eigenvalue weighted by Gasteiger charge is -2.28. The van der Waals surface area contributed by atoms with Gasteiger partial charge < -0.3 is 30.9 Å². The second-order valence-corrected chi connectivity index (χ2v) is 12.0. The molecule has 0 bridgehead atoms. The number of ether oxygens (including phenoxy) is 1. The SMILES string of the molecule is O=C(O)CC(NC(=O)C(COC(=O)C(O)(c1ccccc1)c1ccccc1)NC(=O)CCCCNc1ccccn1)c1cc(Cl)cc(Cl)c1. The van der Waals surface area contributed by atoms with Gasteiger partial charge in [-0.2, -0.15) is 0 Å². The monoisotopic (exact) mass is 706 g/mol. The summed E-state index contributed by atoms with van der Waals surface area (Å²) in [6.45, 7) is -0.113. The number of amides is 2. The number of pyridine rings is 1. The largest absolute Gasteiger partial charge is 0.481 e. The lowest BCUT2D eigenvalue weighted by atomic mass is 9.86. The summed E-state index contributed by atoms with van der Waals surface area (Å²) in [5.41, 5.74) is -1.46. The molecule has 3 aromatic carbocycles. The van der Waals surface area contributed by atoms with Gasteiger partial charge in [0.05, 0.1) is 12.5 Å². The van der Waals surface area contributed by atoms with Crippen LogP contribution in [-0.4, -0.2) is 58.1 Å². The van der Waals surface area contributed by atoms with Gasteiger partial charge in [0.25, 0.3) is 0 Å². The van der Waals surface area contributed by atoms with Crippen molar-refractivity contribution in [3.05, 3.63) is 130 Å². The number of carboxylic acids is 1. The number of carbonyl (C=O) groups excluding carboxylic acids is 3. The molecule has 2 amide bonds. The minimum absolute atomic E-state index is 0.0437.